The van der Waals surface area contributed by atoms with E-state index in [1.54, 1.807) is 31.2 Å². The Morgan fingerprint density at radius 1 is 1.08 bits per heavy atom. The second-order valence-electron chi connectivity index (χ2n) is 9.19. The molecule has 0 aliphatic carbocycles. The Kier molecular flexibility index (Phi) is 6.93. The number of fused-ring (bicyclic) bond motifs is 2. The summed E-state index contributed by atoms with van der Waals surface area (Å²) in [7, 11) is 0. The molecule has 1 amide bonds. The number of rotatable bonds is 9. The molecule has 0 N–H and O–H groups in total. The van der Waals surface area contributed by atoms with Gasteiger partial charge in [-0.25, -0.2) is 4.98 Å². The number of ketones is 1. The Morgan fingerprint density at radius 2 is 1.84 bits per heavy atom. The molecule has 0 saturated heterocycles. The molecule has 0 bridgehead atoms. The summed E-state index contributed by atoms with van der Waals surface area (Å²) in [6.45, 7) is 6.02. The van der Waals surface area contributed by atoms with Crippen LogP contribution in [0, 0.1) is 6.92 Å². The van der Waals surface area contributed by atoms with Crippen molar-refractivity contribution in [2.24, 2.45) is 0 Å². The van der Waals surface area contributed by atoms with Crippen LogP contribution in [0.4, 0.5) is 5.13 Å². The third kappa shape index (κ3) is 4.57. The average Bonchev–Trinajstić information content (AvgIpc) is 3.42. The number of carbonyl (C=O) groups excluding carboxylic acids is 2. The Morgan fingerprint density at radius 3 is 2.54 bits per heavy atom. The van der Waals surface area contributed by atoms with Crippen LogP contribution >= 0.6 is 11.3 Å². The van der Waals surface area contributed by atoms with Crippen LogP contribution in [0.5, 0.6) is 5.75 Å². The summed E-state index contributed by atoms with van der Waals surface area (Å²) in [5.41, 5.74) is 1.64. The van der Waals surface area contributed by atoms with Gasteiger partial charge in [0.15, 0.2) is 16.3 Å². The van der Waals surface area contributed by atoms with Crippen molar-refractivity contribution in [3.05, 3.63) is 86.2 Å². The number of ether oxygens (including phenoxy) is 1. The molecule has 1 atom stereocenters. The van der Waals surface area contributed by atoms with E-state index in [1.165, 1.54) is 24.7 Å². The zero-order valence-corrected chi connectivity index (χ0v) is 21.9. The number of amides is 1. The molecule has 0 spiro atoms. The van der Waals surface area contributed by atoms with Gasteiger partial charge >= 0.3 is 0 Å². The molecular weight excluding hydrogens is 488 g/mol. The normalized spacial score (nSPS) is 14.8. The van der Waals surface area contributed by atoms with Gasteiger partial charge < -0.3 is 9.15 Å². The summed E-state index contributed by atoms with van der Waals surface area (Å²) in [5, 5.41) is 0.761. The average molecular weight is 517 g/mol. The van der Waals surface area contributed by atoms with E-state index in [1.807, 2.05) is 24.3 Å². The monoisotopic (exact) mass is 516 g/mol. The molecule has 190 valence electrons. The van der Waals surface area contributed by atoms with Crippen molar-refractivity contribution >= 4 is 39.1 Å². The molecule has 2 aromatic heterocycles. The fraction of sp³-hybridized carbons (Fsp3) is 0.310. The second kappa shape index (κ2) is 10.3. The molecule has 4 aromatic rings. The van der Waals surface area contributed by atoms with Gasteiger partial charge in [0.05, 0.1) is 34.2 Å². The lowest BCUT2D eigenvalue weighted by Crippen LogP contribution is -2.29. The minimum atomic E-state index is -0.743. The van der Waals surface area contributed by atoms with Crippen molar-refractivity contribution in [1.82, 2.24) is 4.98 Å². The molecule has 0 radical (unpaired) electrons. The predicted molar refractivity (Wildman–Crippen MR) is 144 cm³/mol. The number of benzene rings is 2. The number of hydrogen-bond donors (Lipinski definition) is 0. The van der Waals surface area contributed by atoms with E-state index < -0.39 is 11.9 Å². The predicted octanol–water partition coefficient (Wildman–Crippen LogP) is 6.47. The molecule has 2 aromatic carbocycles. The van der Waals surface area contributed by atoms with Crippen LogP contribution in [-0.4, -0.2) is 23.3 Å². The van der Waals surface area contributed by atoms with Crippen LogP contribution in [0.15, 0.2) is 57.7 Å². The first-order valence-electron chi connectivity index (χ1n) is 12.5. The van der Waals surface area contributed by atoms with Crippen molar-refractivity contribution in [3.8, 4) is 5.75 Å². The number of para-hydroxylation sites is 1. The van der Waals surface area contributed by atoms with Crippen molar-refractivity contribution in [3.63, 3.8) is 0 Å². The van der Waals surface area contributed by atoms with Crippen LogP contribution in [0.3, 0.4) is 0 Å². The highest BCUT2D eigenvalue weighted by Crippen LogP contribution is 2.43. The zero-order valence-electron chi connectivity index (χ0n) is 21.1. The molecule has 7 nitrogen and oxygen atoms in total. The Balaban J connectivity index is 1.58. The molecule has 37 heavy (non-hydrogen) atoms. The summed E-state index contributed by atoms with van der Waals surface area (Å²) in [6.07, 6.45) is 4.47. The molecule has 0 fully saturated rings. The molecule has 5 rings (SSSR count). The zero-order chi connectivity index (χ0) is 26.1. The maximum absolute atomic E-state index is 13.7. The molecule has 8 heteroatoms. The van der Waals surface area contributed by atoms with Gasteiger partial charge in [-0.2, -0.15) is 0 Å². The summed E-state index contributed by atoms with van der Waals surface area (Å²) in [5.74, 6) is 0.151. The number of thiazole rings is 1. The summed E-state index contributed by atoms with van der Waals surface area (Å²) in [6, 6.07) is 13.6. The summed E-state index contributed by atoms with van der Waals surface area (Å²) < 4.78 is 11.9. The van der Waals surface area contributed by atoms with Gasteiger partial charge in [-0.15, -0.1) is 0 Å². The number of Topliss-reactive ketones (excluding diaryl/α,β-unsaturated/α-hetero) is 1. The fourth-order valence-electron chi connectivity index (χ4n) is 4.71. The highest BCUT2D eigenvalue weighted by molar-refractivity contribution is 7.17. The van der Waals surface area contributed by atoms with Gasteiger partial charge in [0.2, 0.25) is 5.76 Å². The Labute approximate surface area is 218 Å². The number of hydrogen-bond acceptors (Lipinski definition) is 7. The van der Waals surface area contributed by atoms with Crippen LogP contribution in [0.1, 0.15) is 82.6 Å². The lowest BCUT2D eigenvalue weighted by atomic mass is 9.98. The first-order chi connectivity index (χ1) is 17.9. The van der Waals surface area contributed by atoms with Crippen LogP contribution < -0.4 is 15.1 Å². The summed E-state index contributed by atoms with van der Waals surface area (Å²) >= 11 is 1.14. The van der Waals surface area contributed by atoms with Crippen molar-refractivity contribution in [2.75, 3.05) is 11.5 Å². The van der Waals surface area contributed by atoms with Crippen molar-refractivity contribution < 1.29 is 18.7 Å². The highest BCUT2D eigenvalue weighted by atomic mass is 32.1. The molecular formula is C29H28N2O5S. The van der Waals surface area contributed by atoms with Gasteiger partial charge in [0.1, 0.15) is 11.3 Å². The lowest BCUT2D eigenvalue weighted by Gasteiger charge is -2.22. The van der Waals surface area contributed by atoms with E-state index in [9.17, 15) is 14.4 Å². The van der Waals surface area contributed by atoms with Gasteiger partial charge in [-0.05, 0) is 43.2 Å². The minimum Gasteiger partial charge on any atom is -0.494 e. The number of anilines is 1. The fourth-order valence-corrected chi connectivity index (χ4v) is 5.70. The van der Waals surface area contributed by atoms with Gasteiger partial charge in [0, 0.05) is 6.92 Å². The first-order valence-corrected chi connectivity index (χ1v) is 13.3. The first kappa shape index (κ1) is 24.9. The quantitative estimate of drug-likeness (QED) is 0.187. The SMILES string of the molecule is CCCCCCOc1ccc(C2c3c(oc4ccccc4c3=O)C(=O)N2c2nc(C)c(C(C)=O)s2)cc1. The van der Waals surface area contributed by atoms with Crippen molar-refractivity contribution in [2.45, 2.75) is 52.5 Å². The van der Waals surface area contributed by atoms with E-state index >= 15 is 0 Å². The van der Waals surface area contributed by atoms with E-state index in [0.717, 1.165) is 35.5 Å². The Bertz CT molecular complexity index is 1540. The number of nitrogens with zero attached hydrogens (tertiary/aromatic N) is 2. The topological polar surface area (TPSA) is 89.7 Å². The molecule has 1 aliphatic rings. The molecule has 1 unspecified atom stereocenters. The van der Waals surface area contributed by atoms with Gasteiger partial charge in [0.25, 0.3) is 5.91 Å². The maximum atomic E-state index is 13.7. The van der Waals surface area contributed by atoms with Gasteiger partial charge in [-0.1, -0.05) is 61.8 Å². The van der Waals surface area contributed by atoms with Crippen molar-refractivity contribution in [1.29, 1.82) is 0 Å². The Hall–Kier alpha value is -3.78. The molecule has 1 aliphatic heterocycles. The lowest BCUT2D eigenvalue weighted by molar-refractivity contribution is 0.0969. The van der Waals surface area contributed by atoms with E-state index in [4.69, 9.17) is 9.15 Å². The molecule has 0 saturated carbocycles. The standard InChI is InChI=1S/C29H28N2O5S/c1-4-5-6-9-16-35-20-14-12-19(13-15-20)24-23-25(33)21-10-7-8-11-22(21)36-26(23)28(34)31(24)29-30-17(2)27(37-29)18(3)32/h7-8,10-15,24H,4-6,9,16H2,1-3H3. The maximum Gasteiger partial charge on any atom is 0.297 e. The number of unbranched alkanes of at least 4 members (excludes halogenated alkanes) is 3. The third-order valence-electron chi connectivity index (χ3n) is 6.55. The number of aryl methyl sites for hydroxylation is 1. The van der Waals surface area contributed by atoms with E-state index in [2.05, 4.69) is 11.9 Å². The molecule has 3 heterocycles. The smallest absolute Gasteiger partial charge is 0.297 e. The third-order valence-corrected chi connectivity index (χ3v) is 7.81. The highest BCUT2D eigenvalue weighted by Gasteiger charge is 2.45. The van der Waals surface area contributed by atoms with Crippen LogP contribution in [0.25, 0.3) is 11.0 Å². The second-order valence-corrected chi connectivity index (χ2v) is 10.2. The van der Waals surface area contributed by atoms with Gasteiger partial charge in [-0.3, -0.25) is 19.3 Å². The van der Waals surface area contributed by atoms with Crippen LogP contribution in [0.2, 0.25) is 0 Å². The van der Waals surface area contributed by atoms with E-state index in [0.29, 0.717) is 33.3 Å². The van der Waals surface area contributed by atoms with E-state index in [-0.39, 0.29) is 22.5 Å². The summed E-state index contributed by atoms with van der Waals surface area (Å²) in [4.78, 5) is 46.0. The minimum absolute atomic E-state index is 0.00202. The number of aromatic nitrogens is 1. The van der Waals surface area contributed by atoms with Crippen LogP contribution in [-0.2, 0) is 0 Å². The number of carbonyl (C=O) groups is 2. The largest absolute Gasteiger partial charge is 0.494 e.